The predicted octanol–water partition coefficient (Wildman–Crippen LogP) is 3.63. The first-order chi connectivity index (χ1) is 9.99. The van der Waals surface area contributed by atoms with E-state index in [1.54, 1.807) is 18.2 Å². The van der Waals surface area contributed by atoms with Crippen molar-refractivity contribution in [1.82, 2.24) is 0 Å². The van der Waals surface area contributed by atoms with Crippen LogP contribution >= 0.6 is 11.6 Å². The summed E-state index contributed by atoms with van der Waals surface area (Å²) in [7, 11) is 0. The smallest absolute Gasteiger partial charge is 0.170 e. The molecule has 0 aliphatic carbocycles. The van der Waals surface area contributed by atoms with Gasteiger partial charge >= 0.3 is 0 Å². The van der Waals surface area contributed by atoms with Crippen LogP contribution in [-0.4, -0.2) is 11.0 Å². The van der Waals surface area contributed by atoms with Crippen molar-refractivity contribution in [3.05, 3.63) is 63.7 Å². The predicted molar refractivity (Wildman–Crippen MR) is 84.2 cm³/mol. The second-order valence-corrected chi connectivity index (χ2v) is 5.32. The molecular weight excluding hydrogens is 288 g/mol. The minimum absolute atomic E-state index is 0.0118. The van der Waals surface area contributed by atoms with Crippen LogP contribution in [-0.2, 0) is 6.61 Å². The molecule has 2 rings (SSSR count). The van der Waals surface area contributed by atoms with Crippen LogP contribution < -0.4 is 10.5 Å². The molecule has 0 fully saturated rings. The number of ether oxygens (including phenoxy) is 1. The average Bonchev–Trinajstić information content (AvgIpc) is 2.44. The fraction of sp³-hybridized carbons (Fsp3) is 0.188. The highest BCUT2D eigenvalue weighted by Gasteiger charge is 2.07. The van der Waals surface area contributed by atoms with Gasteiger partial charge in [-0.25, -0.2) is 0 Å². The lowest BCUT2D eigenvalue weighted by Crippen LogP contribution is -2.12. The van der Waals surface area contributed by atoms with Gasteiger partial charge in [-0.2, -0.15) is 0 Å². The summed E-state index contributed by atoms with van der Waals surface area (Å²) in [6.07, 6.45) is 0. The summed E-state index contributed by atoms with van der Waals surface area (Å²) in [4.78, 5) is 0. The Morgan fingerprint density at radius 1 is 1.19 bits per heavy atom. The Balaban J connectivity index is 2.13. The van der Waals surface area contributed by atoms with Crippen molar-refractivity contribution in [2.24, 2.45) is 10.9 Å². The Morgan fingerprint density at radius 3 is 2.43 bits per heavy atom. The zero-order chi connectivity index (χ0) is 15.4. The molecule has 0 aliphatic rings. The molecule has 0 saturated heterocycles. The molecule has 0 amide bonds. The highest BCUT2D eigenvalue weighted by molar-refractivity contribution is 6.32. The van der Waals surface area contributed by atoms with Crippen molar-refractivity contribution in [2.75, 3.05) is 0 Å². The minimum atomic E-state index is 0.0118. The average molecular weight is 305 g/mol. The first-order valence-corrected chi connectivity index (χ1v) is 6.85. The summed E-state index contributed by atoms with van der Waals surface area (Å²) in [5.74, 6) is 0.572. The molecule has 0 bridgehead atoms. The van der Waals surface area contributed by atoms with Gasteiger partial charge in [-0.1, -0.05) is 46.1 Å². The van der Waals surface area contributed by atoms with Gasteiger partial charge in [0.25, 0.3) is 0 Å². The maximum absolute atomic E-state index is 8.64. The van der Waals surface area contributed by atoms with Crippen LogP contribution in [0.2, 0.25) is 5.02 Å². The van der Waals surface area contributed by atoms with E-state index >= 15 is 0 Å². The Labute approximate surface area is 128 Å². The van der Waals surface area contributed by atoms with E-state index in [1.165, 1.54) is 11.1 Å². The summed E-state index contributed by atoms with van der Waals surface area (Å²) in [5.41, 5.74) is 9.53. The van der Waals surface area contributed by atoms with Gasteiger partial charge in [-0.3, -0.25) is 0 Å². The monoisotopic (exact) mass is 304 g/mol. The molecule has 4 nitrogen and oxygen atoms in total. The molecule has 2 aromatic carbocycles. The van der Waals surface area contributed by atoms with Gasteiger partial charge in [0.15, 0.2) is 5.84 Å². The molecule has 0 aromatic heterocycles. The lowest BCUT2D eigenvalue weighted by molar-refractivity contribution is 0.306. The van der Waals surface area contributed by atoms with Crippen LogP contribution in [0.3, 0.4) is 0 Å². The van der Waals surface area contributed by atoms with Crippen molar-refractivity contribution in [3.8, 4) is 5.75 Å². The Kier molecular flexibility index (Phi) is 4.70. The maximum Gasteiger partial charge on any atom is 0.170 e. The standard InChI is InChI=1S/C16H17ClN2O2/c1-10-5-11(2)7-12(6-10)9-21-15-4-3-13(8-14(15)17)16(18)19-20/h3-8,20H,9H2,1-2H3,(H2,18,19). The number of oxime groups is 1. The van der Waals surface area contributed by atoms with Crippen LogP contribution in [0.4, 0.5) is 0 Å². The van der Waals surface area contributed by atoms with Gasteiger partial charge in [0, 0.05) is 5.56 Å². The molecule has 0 radical (unpaired) electrons. The number of halogens is 1. The number of nitrogens with two attached hydrogens (primary N) is 1. The van der Waals surface area contributed by atoms with Crippen molar-refractivity contribution >= 4 is 17.4 Å². The summed E-state index contributed by atoms with van der Waals surface area (Å²) < 4.78 is 5.73. The Morgan fingerprint density at radius 2 is 1.86 bits per heavy atom. The maximum atomic E-state index is 8.64. The molecule has 0 saturated carbocycles. The number of hydrogen-bond acceptors (Lipinski definition) is 3. The largest absolute Gasteiger partial charge is 0.487 e. The summed E-state index contributed by atoms with van der Waals surface area (Å²) in [5, 5.41) is 12.0. The number of hydrogen-bond donors (Lipinski definition) is 2. The molecule has 0 spiro atoms. The molecule has 3 N–H and O–H groups in total. The molecule has 21 heavy (non-hydrogen) atoms. The van der Waals surface area contributed by atoms with Gasteiger partial charge < -0.3 is 15.7 Å². The molecule has 0 atom stereocenters. The second kappa shape index (κ2) is 6.50. The normalized spacial score (nSPS) is 11.5. The van der Waals surface area contributed by atoms with Crippen molar-refractivity contribution < 1.29 is 9.94 Å². The van der Waals surface area contributed by atoms with E-state index < -0.39 is 0 Å². The van der Waals surface area contributed by atoms with Gasteiger partial charge in [-0.05, 0) is 37.6 Å². The van der Waals surface area contributed by atoms with E-state index in [-0.39, 0.29) is 5.84 Å². The fourth-order valence-electron chi connectivity index (χ4n) is 2.15. The van der Waals surface area contributed by atoms with Crippen LogP contribution in [0.25, 0.3) is 0 Å². The van der Waals surface area contributed by atoms with Gasteiger partial charge in [0.1, 0.15) is 12.4 Å². The van der Waals surface area contributed by atoms with E-state index in [2.05, 4.69) is 37.2 Å². The molecule has 2 aromatic rings. The third-order valence-corrected chi connectivity index (χ3v) is 3.31. The van der Waals surface area contributed by atoms with Crippen molar-refractivity contribution in [3.63, 3.8) is 0 Å². The number of rotatable bonds is 4. The second-order valence-electron chi connectivity index (χ2n) is 4.92. The fourth-order valence-corrected chi connectivity index (χ4v) is 2.38. The van der Waals surface area contributed by atoms with E-state index in [0.29, 0.717) is 22.9 Å². The van der Waals surface area contributed by atoms with Crippen LogP contribution in [0.5, 0.6) is 5.75 Å². The number of benzene rings is 2. The molecule has 0 heterocycles. The SMILES string of the molecule is Cc1cc(C)cc(COc2ccc(C(N)=NO)cc2Cl)c1. The van der Waals surface area contributed by atoms with Crippen LogP contribution in [0.1, 0.15) is 22.3 Å². The first kappa shape index (κ1) is 15.2. The lowest BCUT2D eigenvalue weighted by Gasteiger charge is -2.10. The van der Waals surface area contributed by atoms with Crippen molar-refractivity contribution in [1.29, 1.82) is 0 Å². The highest BCUT2D eigenvalue weighted by Crippen LogP contribution is 2.26. The first-order valence-electron chi connectivity index (χ1n) is 6.47. The third kappa shape index (κ3) is 3.89. The van der Waals surface area contributed by atoms with E-state index in [1.807, 2.05) is 0 Å². The van der Waals surface area contributed by atoms with E-state index in [4.69, 9.17) is 27.3 Å². The van der Waals surface area contributed by atoms with Gasteiger partial charge in [-0.15, -0.1) is 0 Å². The molecule has 0 aliphatic heterocycles. The lowest BCUT2D eigenvalue weighted by atomic mass is 10.1. The third-order valence-electron chi connectivity index (χ3n) is 3.01. The summed E-state index contributed by atoms with van der Waals surface area (Å²) in [6, 6.07) is 11.3. The molecule has 0 unspecified atom stereocenters. The number of aryl methyl sites for hydroxylation is 2. The Bertz CT molecular complexity index is 664. The van der Waals surface area contributed by atoms with E-state index in [9.17, 15) is 0 Å². The molecule has 110 valence electrons. The summed E-state index contributed by atoms with van der Waals surface area (Å²) >= 11 is 6.14. The van der Waals surface area contributed by atoms with Crippen LogP contribution in [0, 0.1) is 13.8 Å². The van der Waals surface area contributed by atoms with Gasteiger partial charge in [0.2, 0.25) is 0 Å². The zero-order valence-corrected chi connectivity index (χ0v) is 12.7. The minimum Gasteiger partial charge on any atom is -0.487 e. The van der Waals surface area contributed by atoms with E-state index in [0.717, 1.165) is 5.56 Å². The summed E-state index contributed by atoms with van der Waals surface area (Å²) in [6.45, 7) is 4.54. The highest BCUT2D eigenvalue weighted by atomic mass is 35.5. The Hall–Kier alpha value is -2.20. The number of amidine groups is 1. The van der Waals surface area contributed by atoms with Crippen molar-refractivity contribution in [2.45, 2.75) is 20.5 Å². The van der Waals surface area contributed by atoms with Crippen LogP contribution in [0.15, 0.2) is 41.6 Å². The zero-order valence-electron chi connectivity index (χ0n) is 11.9. The topological polar surface area (TPSA) is 67.8 Å². The molecule has 5 heteroatoms. The number of nitrogens with zero attached hydrogens (tertiary/aromatic N) is 1. The van der Waals surface area contributed by atoms with Gasteiger partial charge in [0.05, 0.1) is 5.02 Å². The quantitative estimate of drug-likeness (QED) is 0.392. The molecular formula is C16H17ClN2O2.